The average molecular weight is 379 g/mol. The van der Waals surface area contributed by atoms with Crippen LogP contribution in [0.2, 0.25) is 0 Å². The number of aryl methyl sites for hydroxylation is 1. The second kappa shape index (κ2) is 7.19. The molecule has 0 radical (unpaired) electrons. The van der Waals surface area contributed by atoms with Gasteiger partial charge in [0.05, 0.1) is 34.3 Å². The standard InChI is InChI=1S/C12H13BrClN3O2S/c1-2-8-3-9(19-16-8)6-17(12(18)4-14)7-11-10(13)5-15-20-11/h3,5H,2,4,6-7H2,1H3. The molecule has 0 atom stereocenters. The fraction of sp³-hybridized carbons (Fsp3) is 0.417. The molecule has 2 heterocycles. The van der Waals surface area contributed by atoms with Crippen molar-refractivity contribution in [1.82, 2.24) is 14.4 Å². The van der Waals surface area contributed by atoms with Gasteiger partial charge in [-0.15, -0.1) is 11.6 Å². The van der Waals surface area contributed by atoms with Gasteiger partial charge in [-0.1, -0.05) is 12.1 Å². The lowest BCUT2D eigenvalue weighted by atomic mass is 10.3. The first kappa shape index (κ1) is 15.5. The Kier molecular flexibility index (Phi) is 5.56. The van der Waals surface area contributed by atoms with E-state index < -0.39 is 0 Å². The van der Waals surface area contributed by atoms with Crippen molar-refractivity contribution >= 4 is 45.0 Å². The Labute approximate surface area is 134 Å². The van der Waals surface area contributed by atoms with Crippen LogP contribution < -0.4 is 0 Å². The second-order valence-electron chi connectivity index (χ2n) is 4.12. The molecular formula is C12H13BrClN3O2S. The van der Waals surface area contributed by atoms with Crippen molar-refractivity contribution in [1.29, 1.82) is 0 Å². The van der Waals surface area contributed by atoms with Gasteiger partial charge in [-0.3, -0.25) is 4.79 Å². The predicted octanol–water partition coefficient (Wildman–Crippen LogP) is 3.22. The monoisotopic (exact) mass is 377 g/mol. The number of alkyl halides is 1. The van der Waals surface area contributed by atoms with E-state index in [9.17, 15) is 4.79 Å². The van der Waals surface area contributed by atoms with E-state index in [4.69, 9.17) is 16.1 Å². The first-order valence-electron chi connectivity index (χ1n) is 6.01. The smallest absolute Gasteiger partial charge is 0.238 e. The van der Waals surface area contributed by atoms with E-state index in [2.05, 4.69) is 25.5 Å². The fourth-order valence-electron chi connectivity index (χ4n) is 1.63. The second-order valence-corrected chi connectivity index (χ2v) is 6.13. The highest BCUT2D eigenvalue weighted by molar-refractivity contribution is 9.10. The summed E-state index contributed by atoms with van der Waals surface area (Å²) in [5.41, 5.74) is 0.872. The Morgan fingerprint density at radius 3 is 2.90 bits per heavy atom. The Morgan fingerprint density at radius 1 is 1.55 bits per heavy atom. The lowest BCUT2D eigenvalue weighted by Gasteiger charge is -2.19. The van der Waals surface area contributed by atoms with Gasteiger partial charge in [-0.05, 0) is 33.9 Å². The third-order valence-corrected chi connectivity index (χ3v) is 4.67. The van der Waals surface area contributed by atoms with Crippen molar-refractivity contribution in [3.8, 4) is 0 Å². The van der Waals surface area contributed by atoms with Crippen molar-refractivity contribution < 1.29 is 9.32 Å². The van der Waals surface area contributed by atoms with Crippen LogP contribution in [0.4, 0.5) is 0 Å². The Morgan fingerprint density at radius 2 is 2.35 bits per heavy atom. The van der Waals surface area contributed by atoms with Gasteiger partial charge in [0, 0.05) is 6.07 Å². The average Bonchev–Trinajstić information content (AvgIpc) is 3.07. The molecule has 0 aliphatic carbocycles. The largest absolute Gasteiger partial charge is 0.359 e. The summed E-state index contributed by atoms with van der Waals surface area (Å²) < 4.78 is 10.2. The summed E-state index contributed by atoms with van der Waals surface area (Å²) >= 11 is 10.4. The van der Waals surface area contributed by atoms with Crippen LogP contribution in [0.15, 0.2) is 21.3 Å². The highest BCUT2D eigenvalue weighted by Crippen LogP contribution is 2.23. The van der Waals surface area contributed by atoms with Crippen molar-refractivity contribution in [3.63, 3.8) is 0 Å². The van der Waals surface area contributed by atoms with Crippen LogP contribution >= 0.6 is 39.1 Å². The number of carbonyl (C=O) groups excluding carboxylic acids is 1. The quantitative estimate of drug-likeness (QED) is 0.724. The summed E-state index contributed by atoms with van der Waals surface area (Å²) in [7, 11) is 0. The van der Waals surface area contributed by atoms with Crippen molar-refractivity contribution in [2.24, 2.45) is 0 Å². The topological polar surface area (TPSA) is 59.2 Å². The Balaban J connectivity index is 2.11. The first-order chi connectivity index (χ1) is 9.63. The van der Waals surface area contributed by atoms with Crippen molar-refractivity contribution in [2.45, 2.75) is 26.4 Å². The van der Waals surface area contributed by atoms with Crippen LogP contribution in [0.5, 0.6) is 0 Å². The van der Waals surface area contributed by atoms with Gasteiger partial charge < -0.3 is 9.42 Å². The van der Waals surface area contributed by atoms with Crippen LogP contribution in [0.3, 0.4) is 0 Å². The van der Waals surface area contributed by atoms with E-state index in [-0.39, 0.29) is 11.8 Å². The van der Waals surface area contributed by atoms with Gasteiger partial charge >= 0.3 is 0 Å². The van der Waals surface area contributed by atoms with Crippen molar-refractivity contribution in [2.75, 3.05) is 5.88 Å². The molecule has 0 saturated carbocycles. The minimum absolute atomic E-state index is 0.0643. The van der Waals surface area contributed by atoms with Crippen LogP contribution in [0.25, 0.3) is 0 Å². The number of rotatable bonds is 6. The van der Waals surface area contributed by atoms with Gasteiger partial charge in [0.2, 0.25) is 5.91 Å². The third-order valence-electron chi connectivity index (χ3n) is 2.71. The maximum Gasteiger partial charge on any atom is 0.238 e. The first-order valence-corrected chi connectivity index (χ1v) is 8.11. The van der Waals surface area contributed by atoms with Crippen molar-refractivity contribution in [3.05, 3.63) is 33.1 Å². The molecule has 0 aromatic carbocycles. The number of hydrogen-bond acceptors (Lipinski definition) is 5. The van der Waals surface area contributed by atoms with E-state index in [0.717, 1.165) is 21.5 Å². The molecule has 8 heteroatoms. The number of halogens is 2. The highest BCUT2D eigenvalue weighted by Gasteiger charge is 2.18. The van der Waals surface area contributed by atoms with Gasteiger partial charge in [0.25, 0.3) is 0 Å². The molecule has 0 N–H and O–H groups in total. The van der Waals surface area contributed by atoms with Gasteiger partial charge in [0.15, 0.2) is 5.76 Å². The lowest BCUT2D eigenvalue weighted by molar-refractivity contribution is -0.130. The molecular weight excluding hydrogens is 366 g/mol. The zero-order chi connectivity index (χ0) is 14.5. The minimum Gasteiger partial charge on any atom is -0.359 e. The maximum atomic E-state index is 11.9. The van der Waals surface area contributed by atoms with E-state index in [1.165, 1.54) is 11.5 Å². The highest BCUT2D eigenvalue weighted by atomic mass is 79.9. The molecule has 0 bridgehead atoms. The number of amides is 1. The summed E-state index contributed by atoms with van der Waals surface area (Å²) in [4.78, 5) is 14.5. The zero-order valence-corrected chi connectivity index (χ0v) is 14.0. The molecule has 2 rings (SSSR count). The third kappa shape index (κ3) is 3.80. The normalized spacial score (nSPS) is 10.8. The summed E-state index contributed by atoms with van der Waals surface area (Å²) in [6.45, 7) is 2.79. The molecule has 0 unspecified atom stereocenters. The molecule has 108 valence electrons. The molecule has 20 heavy (non-hydrogen) atoms. The van der Waals surface area contributed by atoms with E-state index in [1.807, 2.05) is 13.0 Å². The molecule has 0 aliphatic rings. The predicted molar refractivity (Wildman–Crippen MR) is 80.7 cm³/mol. The summed E-state index contributed by atoms with van der Waals surface area (Å²) in [5.74, 6) is 0.438. The molecule has 0 aliphatic heterocycles. The van der Waals surface area contributed by atoms with Crippen LogP contribution in [0.1, 0.15) is 23.3 Å². The maximum absolute atomic E-state index is 11.9. The number of carbonyl (C=O) groups is 1. The molecule has 1 amide bonds. The van der Waals surface area contributed by atoms with Gasteiger partial charge in [-0.2, -0.15) is 4.37 Å². The summed E-state index contributed by atoms with van der Waals surface area (Å²) in [6, 6.07) is 1.86. The molecule has 5 nitrogen and oxygen atoms in total. The number of nitrogens with zero attached hydrogens (tertiary/aromatic N) is 3. The van der Waals surface area contributed by atoms with Crippen LogP contribution in [-0.2, 0) is 24.3 Å². The molecule has 2 aromatic rings. The summed E-state index contributed by atoms with van der Waals surface area (Å²) in [5, 5.41) is 3.92. The van der Waals surface area contributed by atoms with Crippen LogP contribution in [0, 0.1) is 0 Å². The molecule has 2 aromatic heterocycles. The van der Waals surface area contributed by atoms with Gasteiger partial charge in [-0.25, -0.2) is 0 Å². The molecule has 0 saturated heterocycles. The summed E-state index contributed by atoms with van der Waals surface area (Å²) in [6.07, 6.45) is 2.51. The number of aromatic nitrogens is 2. The SMILES string of the molecule is CCc1cc(CN(Cc2sncc2Br)C(=O)CCl)on1. The molecule has 0 fully saturated rings. The minimum atomic E-state index is -0.151. The van der Waals surface area contributed by atoms with E-state index in [0.29, 0.717) is 18.8 Å². The lowest BCUT2D eigenvalue weighted by Crippen LogP contribution is -2.30. The van der Waals surface area contributed by atoms with E-state index >= 15 is 0 Å². The van der Waals surface area contributed by atoms with E-state index in [1.54, 1.807) is 11.1 Å². The van der Waals surface area contributed by atoms with Gasteiger partial charge in [0.1, 0.15) is 5.88 Å². The fourth-order valence-corrected chi connectivity index (χ4v) is 3.02. The zero-order valence-electron chi connectivity index (χ0n) is 10.8. The van der Waals surface area contributed by atoms with Crippen LogP contribution in [-0.4, -0.2) is 26.2 Å². The Hall–Kier alpha value is -0.920. The number of hydrogen-bond donors (Lipinski definition) is 0. The Bertz CT molecular complexity index is 587. The molecule has 0 spiro atoms.